The van der Waals surface area contributed by atoms with Crippen molar-refractivity contribution < 1.29 is 19.2 Å². The first-order valence-corrected chi connectivity index (χ1v) is 7.90. The molecule has 0 unspecified atom stereocenters. The van der Waals surface area contributed by atoms with Gasteiger partial charge in [-0.3, -0.25) is 14.9 Å². The second-order valence-corrected chi connectivity index (χ2v) is 5.51. The van der Waals surface area contributed by atoms with Gasteiger partial charge in [-0.15, -0.1) is 0 Å². The molecule has 8 heteroatoms. The number of nitro groups is 1. The molecular weight excluding hydrogens is 348 g/mol. The number of carbonyl (C=O) groups is 1. The smallest absolute Gasteiger partial charge is 0.271 e. The van der Waals surface area contributed by atoms with E-state index < -0.39 is 10.8 Å². The van der Waals surface area contributed by atoms with Crippen molar-refractivity contribution >= 4 is 28.9 Å². The van der Waals surface area contributed by atoms with Crippen molar-refractivity contribution in [3.63, 3.8) is 0 Å². The van der Waals surface area contributed by atoms with Gasteiger partial charge in [0.15, 0.2) is 11.5 Å². The lowest BCUT2D eigenvalue weighted by molar-refractivity contribution is -0.384. The number of nitrogens with zero attached hydrogens (tertiary/aromatic N) is 1. The Balaban J connectivity index is 2.26. The summed E-state index contributed by atoms with van der Waals surface area (Å²) in [5.74, 6) is 0.241. The van der Waals surface area contributed by atoms with E-state index in [1.165, 1.54) is 37.4 Å². The predicted octanol–water partition coefficient (Wildman–Crippen LogP) is 4.30. The molecule has 25 heavy (non-hydrogen) atoms. The Bertz CT molecular complexity index is 795. The minimum Gasteiger partial charge on any atom is -0.493 e. The summed E-state index contributed by atoms with van der Waals surface area (Å²) in [5, 5.41) is 13.6. The van der Waals surface area contributed by atoms with E-state index in [4.69, 9.17) is 21.1 Å². The quantitative estimate of drug-likeness (QED) is 0.584. The highest BCUT2D eigenvalue weighted by atomic mass is 35.5. The Morgan fingerprint density at radius 1 is 1.32 bits per heavy atom. The maximum absolute atomic E-state index is 12.4. The van der Waals surface area contributed by atoms with Crippen LogP contribution in [-0.4, -0.2) is 24.5 Å². The van der Waals surface area contributed by atoms with Crippen LogP contribution in [0.25, 0.3) is 0 Å². The van der Waals surface area contributed by atoms with Gasteiger partial charge in [0.1, 0.15) is 0 Å². The van der Waals surface area contributed by atoms with Crippen molar-refractivity contribution in [1.29, 1.82) is 0 Å². The van der Waals surface area contributed by atoms with E-state index in [9.17, 15) is 14.9 Å². The van der Waals surface area contributed by atoms with Crippen LogP contribution in [0.2, 0.25) is 5.02 Å². The van der Waals surface area contributed by atoms with Gasteiger partial charge >= 0.3 is 0 Å². The molecule has 0 fully saturated rings. The molecule has 0 spiro atoms. The van der Waals surface area contributed by atoms with Crippen LogP contribution >= 0.6 is 11.6 Å². The van der Waals surface area contributed by atoms with Crippen LogP contribution in [0.1, 0.15) is 23.7 Å². The maximum atomic E-state index is 12.4. The summed E-state index contributed by atoms with van der Waals surface area (Å²) in [7, 11) is 1.45. The average molecular weight is 365 g/mol. The number of nitro benzene ring substituents is 1. The van der Waals surface area contributed by atoms with Crippen LogP contribution in [0.3, 0.4) is 0 Å². The monoisotopic (exact) mass is 364 g/mol. The minimum atomic E-state index is -0.532. The highest BCUT2D eigenvalue weighted by molar-refractivity contribution is 6.32. The number of halogens is 1. The Kier molecular flexibility index (Phi) is 6.19. The van der Waals surface area contributed by atoms with E-state index in [1.54, 1.807) is 6.07 Å². The zero-order chi connectivity index (χ0) is 18.4. The molecule has 0 heterocycles. The van der Waals surface area contributed by atoms with Crippen LogP contribution in [0.15, 0.2) is 36.4 Å². The summed E-state index contributed by atoms with van der Waals surface area (Å²) in [4.78, 5) is 22.7. The standard InChI is InChI=1S/C17H17ClN2O5/c1-3-7-25-16-14(18)8-11(9-15(16)24-2)17(21)19-12-5-4-6-13(10-12)20(22)23/h4-6,8-10H,3,7H2,1-2H3,(H,19,21). The van der Waals surface area contributed by atoms with Gasteiger partial charge in [0, 0.05) is 23.4 Å². The third-order valence-corrected chi connectivity index (χ3v) is 3.54. The highest BCUT2D eigenvalue weighted by Crippen LogP contribution is 2.36. The fraction of sp³-hybridized carbons (Fsp3) is 0.235. The van der Waals surface area contributed by atoms with Crippen LogP contribution in [0, 0.1) is 10.1 Å². The molecular formula is C17H17ClN2O5. The molecule has 0 aliphatic rings. The molecule has 2 aromatic carbocycles. The van der Waals surface area contributed by atoms with Crippen molar-refractivity contribution in [3.05, 3.63) is 57.1 Å². The van der Waals surface area contributed by atoms with Crippen LogP contribution in [0.5, 0.6) is 11.5 Å². The number of amides is 1. The SMILES string of the molecule is CCCOc1c(Cl)cc(C(=O)Nc2cccc([N+](=O)[O-])c2)cc1OC. The number of carbonyl (C=O) groups excluding carboxylic acids is 1. The normalized spacial score (nSPS) is 10.2. The number of benzene rings is 2. The fourth-order valence-electron chi connectivity index (χ4n) is 2.10. The van der Waals surface area contributed by atoms with Crippen LogP contribution in [0.4, 0.5) is 11.4 Å². The summed E-state index contributed by atoms with van der Waals surface area (Å²) in [5.41, 5.74) is 0.439. The topological polar surface area (TPSA) is 90.7 Å². The second-order valence-electron chi connectivity index (χ2n) is 5.10. The van der Waals surface area contributed by atoms with Gasteiger partial charge in [-0.05, 0) is 24.6 Å². The molecule has 0 saturated carbocycles. The highest BCUT2D eigenvalue weighted by Gasteiger charge is 2.16. The summed E-state index contributed by atoms with van der Waals surface area (Å²) < 4.78 is 10.8. The van der Waals surface area contributed by atoms with Crippen molar-refractivity contribution in [1.82, 2.24) is 0 Å². The number of rotatable bonds is 7. The Morgan fingerprint density at radius 2 is 2.08 bits per heavy atom. The lowest BCUT2D eigenvalue weighted by atomic mass is 10.1. The van der Waals surface area contributed by atoms with E-state index in [1.807, 2.05) is 6.92 Å². The van der Waals surface area contributed by atoms with E-state index >= 15 is 0 Å². The minimum absolute atomic E-state index is 0.114. The molecule has 0 radical (unpaired) electrons. The van der Waals surface area contributed by atoms with E-state index in [0.29, 0.717) is 23.8 Å². The number of non-ortho nitro benzene ring substituents is 1. The van der Waals surface area contributed by atoms with Crippen LogP contribution in [-0.2, 0) is 0 Å². The molecule has 0 aliphatic heterocycles. The first-order chi connectivity index (χ1) is 12.0. The number of ether oxygens (including phenoxy) is 2. The van der Waals surface area contributed by atoms with Crippen molar-refractivity contribution in [2.45, 2.75) is 13.3 Å². The molecule has 132 valence electrons. The first kappa shape index (κ1) is 18.5. The molecule has 1 N–H and O–H groups in total. The van der Waals surface area contributed by atoms with Gasteiger partial charge in [0.05, 0.1) is 23.7 Å². The predicted molar refractivity (Wildman–Crippen MR) is 94.8 cm³/mol. The first-order valence-electron chi connectivity index (χ1n) is 7.52. The van der Waals surface area contributed by atoms with Gasteiger partial charge in [-0.2, -0.15) is 0 Å². The molecule has 2 rings (SSSR count). The van der Waals surface area contributed by atoms with E-state index in [2.05, 4.69) is 5.32 Å². The van der Waals surface area contributed by atoms with Crippen molar-refractivity contribution in [3.8, 4) is 11.5 Å². The molecule has 0 aromatic heterocycles. The third-order valence-electron chi connectivity index (χ3n) is 3.26. The number of hydrogen-bond acceptors (Lipinski definition) is 5. The lowest BCUT2D eigenvalue weighted by Gasteiger charge is -2.13. The fourth-order valence-corrected chi connectivity index (χ4v) is 2.36. The summed E-state index contributed by atoms with van der Waals surface area (Å²) >= 11 is 6.19. The number of methoxy groups -OCH3 is 1. The average Bonchev–Trinajstić information content (AvgIpc) is 2.60. The molecule has 0 bridgehead atoms. The van der Waals surface area contributed by atoms with Gasteiger partial charge in [0.25, 0.3) is 11.6 Å². The number of anilines is 1. The van der Waals surface area contributed by atoms with E-state index in [0.717, 1.165) is 6.42 Å². The lowest BCUT2D eigenvalue weighted by Crippen LogP contribution is -2.12. The summed E-state index contributed by atoms with van der Waals surface area (Å²) in [6.07, 6.45) is 0.800. The van der Waals surface area contributed by atoms with E-state index in [-0.39, 0.29) is 16.3 Å². The van der Waals surface area contributed by atoms with Crippen molar-refractivity contribution in [2.75, 3.05) is 19.0 Å². The zero-order valence-corrected chi connectivity index (χ0v) is 14.5. The van der Waals surface area contributed by atoms with Gasteiger partial charge < -0.3 is 14.8 Å². The summed E-state index contributed by atoms with van der Waals surface area (Å²) in [6, 6.07) is 8.63. The van der Waals surface area contributed by atoms with Gasteiger partial charge in [-0.25, -0.2) is 0 Å². The number of hydrogen-bond donors (Lipinski definition) is 1. The van der Waals surface area contributed by atoms with Crippen LogP contribution < -0.4 is 14.8 Å². The molecule has 7 nitrogen and oxygen atoms in total. The van der Waals surface area contributed by atoms with Crippen molar-refractivity contribution in [2.24, 2.45) is 0 Å². The number of nitrogens with one attached hydrogen (secondary N) is 1. The molecule has 2 aromatic rings. The Morgan fingerprint density at radius 3 is 2.72 bits per heavy atom. The molecule has 0 atom stereocenters. The molecule has 0 saturated heterocycles. The van der Waals surface area contributed by atoms with Gasteiger partial charge in [0.2, 0.25) is 0 Å². The Labute approximate surface area is 149 Å². The third kappa shape index (κ3) is 4.60. The largest absolute Gasteiger partial charge is 0.493 e. The second kappa shape index (κ2) is 8.34. The van der Waals surface area contributed by atoms with Gasteiger partial charge in [-0.1, -0.05) is 24.6 Å². The zero-order valence-electron chi connectivity index (χ0n) is 13.7. The summed E-state index contributed by atoms with van der Waals surface area (Å²) in [6.45, 7) is 2.43. The molecule has 1 amide bonds. The Hall–Kier alpha value is -2.80. The molecule has 0 aliphatic carbocycles. The maximum Gasteiger partial charge on any atom is 0.271 e.